The third kappa shape index (κ3) is 2.64. The summed E-state index contributed by atoms with van der Waals surface area (Å²) in [7, 11) is 0. The van der Waals surface area contributed by atoms with Crippen LogP contribution < -0.4 is 5.32 Å². The molecule has 0 spiro atoms. The van der Waals surface area contributed by atoms with Crippen molar-refractivity contribution in [3.05, 3.63) is 23.2 Å². The summed E-state index contributed by atoms with van der Waals surface area (Å²) in [6.07, 6.45) is 3.62. The van der Waals surface area contributed by atoms with Crippen molar-refractivity contribution in [3.63, 3.8) is 0 Å². The van der Waals surface area contributed by atoms with Gasteiger partial charge in [-0.1, -0.05) is 19.3 Å². The summed E-state index contributed by atoms with van der Waals surface area (Å²) in [4.78, 5) is 23.7. The largest absolute Gasteiger partial charge is 0.480 e. The quantitative estimate of drug-likeness (QED) is 0.879. The average Bonchev–Trinajstić information content (AvgIpc) is 2.69. The molecule has 1 aliphatic carbocycles. The van der Waals surface area contributed by atoms with E-state index in [4.69, 9.17) is 4.42 Å². The van der Waals surface area contributed by atoms with E-state index in [9.17, 15) is 14.7 Å². The number of furan rings is 1. The fourth-order valence-corrected chi connectivity index (χ4v) is 2.69. The van der Waals surface area contributed by atoms with Crippen LogP contribution in [0.15, 0.2) is 10.5 Å². The van der Waals surface area contributed by atoms with Gasteiger partial charge in [0.25, 0.3) is 5.91 Å². The molecule has 1 aromatic rings. The lowest BCUT2D eigenvalue weighted by molar-refractivity contribution is -0.145. The van der Waals surface area contributed by atoms with Gasteiger partial charge in [-0.05, 0) is 32.8 Å². The standard InChI is InChI=1S/C14H19NO4/c1-9-8-10(2)19-11(9)12(16)15-14(13(17)18)6-4-3-5-7-14/h8H,3-7H2,1-2H3,(H,15,16)(H,17,18). The molecule has 5 heteroatoms. The van der Waals surface area contributed by atoms with Crippen molar-refractivity contribution in [2.75, 3.05) is 0 Å². The number of hydrogen-bond donors (Lipinski definition) is 2. The number of aryl methyl sites for hydroxylation is 2. The number of hydrogen-bond acceptors (Lipinski definition) is 3. The van der Waals surface area contributed by atoms with Gasteiger partial charge in [0.2, 0.25) is 0 Å². The van der Waals surface area contributed by atoms with Gasteiger partial charge < -0.3 is 14.8 Å². The van der Waals surface area contributed by atoms with Crippen LogP contribution in [0.1, 0.15) is 54.0 Å². The fourth-order valence-electron chi connectivity index (χ4n) is 2.69. The lowest BCUT2D eigenvalue weighted by atomic mass is 9.81. The summed E-state index contributed by atoms with van der Waals surface area (Å²) in [5, 5.41) is 12.1. The van der Waals surface area contributed by atoms with Crippen LogP contribution in [0.3, 0.4) is 0 Å². The molecule has 1 amide bonds. The first-order valence-corrected chi connectivity index (χ1v) is 6.57. The van der Waals surface area contributed by atoms with E-state index in [1.54, 1.807) is 19.9 Å². The van der Waals surface area contributed by atoms with Crippen molar-refractivity contribution in [2.45, 2.75) is 51.5 Å². The minimum atomic E-state index is -1.14. The van der Waals surface area contributed by atoms with E-state index in [2.05, 4.69) is 5.32 Å². The minimum Gasteiger partial charge on any atom is -0.480 e. The molecule has 19 heavy (non-hydrogen) atoms. The molecule has 0 aliphatic heterocycles. The molecule has 1 aliphatic rings. The molecular formula is C14H19NO4. The van der Waals surface area contributed by atoms with Crippen LogP contribution in [-0.2, 0) is 4.79 Å². The molecule has 0 bridgehead atoms. The van der Waals surface area contributed by atoms with Gasteiger partial charge in [0.05, 0.1) is 0 Å². The normalized spacial score (nSPS) is 18.0. The topological polar surface area (TPSA) is 79.5 Å². The van der Waals surface area contributed by atoms with E-state index in [0.29, 0.717) is 18.6 Å². The average molecular weight is 265 g/mol. The Morgan fingerprint density at radius 2 is 1.89 bits per heavy atom. The van der Waals surface area contributed by atoms with E-state index in [1.807, 2.05) is 0 Å². The van der Waals surface area contributed by atoms with Crippen molar-refractivity contribution >= 4 is 11.9 Å². The zero-order valence-electron chi connectivity index (χ0n) is 11.3. The first kappa shape index (κ1) is 13.6. The van der Waals surface area contributed by atoms with Gasteiger partial charge in [-0.2, -0.15) is 0 Å². The molecule has 2 rings (SSSR count). The third-order valence-electron chi connectivity index (χ3n) is 3.72. The number of nitrogens with one attached hydrogen (secondary N) is 1. The van der Waals surface area contributed by atoms with Gasteiger partial charge in [0.1, 0.15) is 11.3 Å². The molecule has 0 saturated heterocycles. The first-order valence-electron chi connectivity index (χ1n) is 6.57. The van der Waals surface area contributed by atoms with Crippen LogP contribution in [-0.4, -0.2) is 22.5 Å². The number of carbonyl (C=O) groups is 2. The highest BCUT2D eigenvalue weighted by atomic mass is 16.4. The lowest BCUT2D eigenvalue weighted by Gasteiger charge is -2.33. The van der Waals surface area contributed by atoms with Crippen LogP contribution in [0.4, 0.5) is 0 Å². The molecule has 1 aromatic heterocycles. The third-order valence-corrected chi connectivity index (χ3v) is 3.72. The molecule has 0 atom stereocenters. The van der Waals surface area contributed by atoms with Gasteiger partial charge in [-0.25, -0.2) is 4.79 Å². The Morgan fingerprint density at radius 3 is 2.37 bits per heavy atom. The van der Waals surface area contributed by atoms with E-state index in [0.717, 1.165) is 24.8 Å². The second-order valence-corrected chi connectivity index (χ2v) is 5.27. The number of aliphatic carboxylic acids is 1. The van der Waals surface area contributed by atoms with Crippen LogP contribution in [0.2, 0.25) is 0 Å². The zero-order valence-corrected chi connectivity index (χ0v) is 11.3. The van der Waals surface area contributed by atoms with Crippen molar-refractivity contribution in [2.24, 2.45) is 0 Å². The van der Waals surface area contributed by atoms with Gasteiger partial charge in [-0.15, -0.1) is 0 Å². The highest BCUT2D eigenvalue weighted by molar-refractivity contribution is 5.96. The fraction of sp³-hybridized carbons (Fsp3) is 0.571. The Bertz CT molecular complexity index is 498. The van der Waals surface area contributed by atoms with Crippen LogP contribution in [0, 0.1) is 13.8 Å². The summed E-state index contributed by atoms with van der Waals surface area (Å²) < 4.78 is 5.34. The zero-order chi connectivity index (χ0) is 14.0. The van der Waals surface area contributed by atoms with Gasteiger partial charge in [0.15, 0.2) is 5.76 Å². The van der Waals surface area contributed by atoms with Gasteiger partial charge >= 0.3 is 5.97 Å². The maximum Gasteiger partial charge on any atom is 0.329 e. The Morgan fingerprint density at radius 1 is 1.26 bits per heavy atom. The van der Waals surface area contributed by atoms with Crippen molar-refractivity contribution in [1.29, 1.82) is 0 Å². The smallest absolute Gasteiger partial charge is 0.329 e. The number of carboxylic acids is 1. The maximum absolute atomic E-state index is 12.2. The maximum atomic E-state index is 12.2. The molecule has 1 saturated carbocycles. The second kappa shape index (κ2) is 5.07. The monoisotopic (exact) mass is 265 g/mol. The summed E-state index contributed by atoms with van der Waals surface area (Å²) in [5.41, 5.74) is -0.408. The first-order chi connectivity index (χ1) is 8.94. The molecule has 5 nitrogen and oxygen atoms in total. The summed E-state index contributed by atoms with van der Waals surface area (Å²) in [6.45, 7) is 3.54. The molecule has 0 aromatic carbocycles. The van der Waals surface area contributed by atoms with Crippen LogP contribution in [0.25, 0.3) is 0 Å². The number of amides is 1. The summed E-state index contributed by atoms with van der Waals surface area (Å²) >= 11 is 0. The predicted molar refractivity (Wildman–Crippen MR) is 69.1 cm³/mol. The van der Waals surface area contributed by atoms with E-state index in [-0.39, 0.29) is 5.76 Å². The highest BCUT2D eigenvalue weighted by Crippen LogP contribution is 2.29. The Kier molecular flexibility index (Phi) is 3.64. The van der Waals surface area contributed by atoms with E-state index >= 15 is 0 Å². The molecule has 1 fully saturated rings. The highest BCUT2D eigenvalue weighted by Gasteiger charge is 2.41. The SMILES string of the molecule is Cc1cc(C)c(C(=O)NC2(C(=O)O)CCCCC2)o1. The Labute approximate surface area is 112 Å². The second-order valence-electron chi connectivity index (χ2n) is 5.27. The van der Waals surface area contributed by atoms with Gasteiger partial charge in [-0.3, -0.25) is 4.79 Å². The molecule has 0 radical (unpaired) electrons. The number of carbonyl (C=O) groups excluding carboxylic acids is 1. The van der Waals surface area contributed by atoms with Crippen LogP contribution in [0.5, 0.6) is 0 Å². The van der Waals surface area contributed by atoms with E-state index in [1.165, 1.54) is 0 Å². The summed E-state index contributed by atoms with van der Waals surface area (Å²) in [5.74, 6) is -0.532. The molecular weight excluding hydrogens is 246 g/mol. The molecule has 2 N–H and O–H groups in total. The Hall–Kier alpha value is -1.78. The number of carboxylic acid groups (broad SMARTS) is 1. The van der Waals surface area contributed by atoms with Crippen molar-refractivity contribution in [3.8, 4) is 0 Å². The predicted octanol–water partition coefficient (Wildman–Crippen LogP) is 2.41. The Balaban J connectivity index is 2.20. The number of rotatable bonds is 3. The van der Waals surface area contributed by atoms with E-state index < -0.39 is 17.4 Å². The lowest BCUT2D eigenvalue weighted by Crippen LogP contribution is -2.55. The molecule has 1 heterocycles. The minimum absolute atomic E-state index is 0.212. The molecule has 104 valence electrons. The molecule has 0 unspecified atom stereocenters. The van der Waals surface area contributed by atoms with Crippen LogP contribution >= 0.6 is 0 Å². The van der Waals surface area contributed by atoms with Gasteiger partial charge in [0, 0.05) is 5.56 Å². The van der Waals surface area contributed by atoms with Crippen molar-refractivity contribution < 1.29 is 19.1 Å². The summed E-state index contributed by atoms with van der Waals surface area (Å²) in [6, 6.07) is 1.77. The van der Waals surface area contributed by atoms with Crippen molar-refractivity contribution in [1.82, 2.24) is 5.32 Å².